The second-order valence-electron chi connectivity index (χ2n) is 3.47. The summed E-state index contributed by atoms with van der Waals surface area (Å²) in [4.78, 5) is 10.5. The van der Waals surface area contributed by atoms with Crippen molar-refractivity contribution in [2.45, 2.75) is 0 Å². The first kappa shape index (κ1) is 10.3. The van der Waals surface area contributed by atoms with Gasteiger partial charge in [-0.05, 0) is 0 Å². The molecule has 5 nitrogen and oxygen atoms in total. The van der Waals surface area contributed by atoms with E-state index in [4.69, 9.17) is 4.74 Å². The molecule has 1 fully saturated rings. The highest BCUT2D eigenvalue weighted by molar-refractivity contribution is 5.29. The summed E-state index contributed by atoms with van der Waals surface area (Å²) < 4.78 is 5.28. The average molecular weight is 208 g/mol. The number of aromatic nitrogens is 2. The fraction of sp³-hybridized carbons (Fsp3) is 0.600. The molecule has 2 heterocycles. The first-order valence-corrected chi connectivity index (χ1v) is 5.25. The SMILES string of the molecule is c1cnc(NCCN2CCOCC2)cn1. The molecular formula is C10H16N4O. The Balaban J connectivity index is 1.66. The third-order valence-corrected chi connectivity index (χ3v) is 2.40. The van der Waals surface area contributed by atoms with Gasteiger partial charge in [0, 0.05) is 38.6 Å². The summed E-state index contributed by atoms with van der Waals surface area (Å²) in [6.07, 6.45) is 5.10. The largest absolute Gasteiger partial charge is 0.379 e. The predicted octanol–water partition coefficient (Wildman–Crippen LogP) is 0.221. The highest BCUT2D eigenvalue weighted by Gasteiger charge is 2.08. The Morgan fingerprint density at radius 3 is 2.93 bits per heavy atom. The van der Waals surface area contributed by atoms with Crippen LogP contribution in [-0.4, -0.2) is 54.3 Å². The maximum atomic E-state index is 5.28. The Morgan fingerprint density at radius 2 is 2.20 bits per heavy atom. The van der Waals surface area contributed by atoms with Gasteiger partial charge in [0.2, 0.25) is 0 Å². The van der Waals surface area contributed by atoms with E-state index in [9.17, 15) is 0 Å². The summed E-state index contributed by atoms with van der Waals surface area (Å²) in [6.45, 7) is 5.69. The zero-order valence-corrected chi connectivity index (χ0v) is 8.72. The molecule has 0 atom stereocenters. The van der Waals surface area contributed by atoms with Gasteiger partial charge in [-0.1, -0.05) is 0 Å². The topological polar surface area (TPSA) is 50.3 Å². The van der Waals surface area contributed by atoms with Crippen LogP contribution in [0.4, 0.5) is 5.82 Å². The van der Waals surface area contributed by atoms with Gasteiger partial charge in [-0.15, -0.1) is 0 Å². The molecule has 5 heteroatoms. The molecule has 0 spiro atoms. The van der Waals surface area contributed by atoms with Crippen molar-refractivity contribution in [1.82, 2.24) is 14.9 Å². The predicted molar refractivity (Wildman–Crippen MR) is 57.8 cm³/mol. The molecule has 0 bridgehead atoms. The molecular weight excluding hydrogens is 192 g/mol. The summed E-state index contributed by atoms with van der Waals surface area (Å²) in [5, 5.41) is 3.24. The average Bonchev–Trinajstić information content (AvgIpc) is 2.32. The Morgan fingerprint density at radius 1 is 1.33 bits per heavy atom. The van der Waals surface area contributed by atoms with Crippen LogP contribution in [0.15, 0.2) is 18.6 Å². The van der Waals surface area contributed by atoms with E-state index in [1.807, 2.05) is 0 Å². The molecule has 1 aromatic heterocycles. The molecule has 0 aliphatic carbocycles. The van der Waals surface area contributed by atoms with E-state index >= 15 is 0 Å². The van der Waals surface area contributed by atoms with Gasteiger partial charge in [0.25, 0.3) is 0 Å². The molecule has 1 saturated heterocycles. The van der Waals surface area contributed by atoms with Gasteiger partial charge >= 0.3 is 0 Å². The number of hydrogen-bond donors (Lipinski definition) is 1. The summed E-state index contributed by atoms with van der Waals surface area (Å²) in [5.41, 5.74) is 0. The quantitative estimate of drug-likeness (QED) is 0.767. The number of nitrogens with zero attached hydrogens (tertiary/aromatic N) is 3. The van der Waals surface area contributed by atoms with Crippen LogP contribution >= 0.6 is 0 Å². The van der Waals surface area contributed by atoms with Crippen molar-refractivity contribution >= 4 is 5.82 Å². The van der Waals surface area contributed by atoms with Crippen molar-refractivity contribution in [1.29, 1.82) is 0 Å². The molecule has 2 rings (SSSR count). The van der Waals surface area contributed by atoms with Gasteiger partial charge in [-0.25, -0.2) is 4.98 Å². The summed E-state index contributed by atoms with van der Waals surface area (Å²) in [7, 11) is 0. The molecule has 0 amide bonds. The molecule has 0 unspecified atom stereocenters. The van der Waals surface area contributed by atoms with E-state index < -0.39 is 0 Å². The van der Waals surface area contributed by atoms with Crippen molar-refractivity contribution in [2.75, 3.05) is 44.7 Å². The summed E-state index contributed by atoms with van der Waals surface area (Å²) in [5.74, 6) is 0.839. The lowest BCUT2D eigenvalue weighted by atomic mass is 10.4. The lowest BCUT2D eigenvalue weighted by molar-refractivity contribution is 0.0398. The van der Waals surface area contributed by atoms with Crippen molar-refractivity contribution < 1.29 is 4.74 Å². The van der Waals surface area contributed by atoms with Crippen molar-refractivity contribution in [2.24, 2.45) is 0 Å². The van der Waals surface area contributed by atoms with E-state index in [0.717, 1.165) is 45.2 Å². The van der Waals surface area contributed by atoms with Crippen LogP contribution in [0.5, 0.6) is 0 Å². The van der Waals surface area contributed by atoms with Crippen LogP contribution in [-0.2, 0) is 4.74 Å². The minimum absolute atomic E-state index is 0.839. The van der Waals surface area contributed by atoms with Crippen LogP contribution in [0.1, 0.15) is 0 Å². The monoisotopic (exact) mass is 208 g/mol. The van der Waals surface area contributed by atoms with Crippen LogP contribution < -0.4 is 5.32 Å². The third kappa shape index (κ3) is 3.45. The van der Waals surface area contributed by atoms with Gasteiger partial charge in [-0.3, -0.25) is 9.88 Å². The van der Waals surface area contributed by atoms with Crippen molar-refractivity contribution in [3.8, 4) is 0 Å². The Kier molecular flexibility index (Phi) is 3.87. The lowest BCUT2D eigenvalue weighted by Gasteiger charge is -2.26. The number of nitrogens with one attached hydrogen (secondary N) is 1. The van der Waals surface area contributed by atoms with E-state index in [1.54, 1.807) is 18.6 Å². The number of hydrogen-bond acceptors (Lipinski definition) is 5. The molecule has 0 saturated carbocycles. The van der Waals surface area contributed by atoms with Gasteiger partial charge in [0.05, 0.1) is 19.4 Å². The standard InChI is InChI=1S/C10H16N4O/c1-2-12-10(9-11-1)13-3-4-14-5-7-15-8-6-14/h1-2,9H,3-8H2,(H,12,13). The fourth-order valence-electron chi connectivity index (χ4n) is 1.56. The molecule has 82 valence electrons. The molecule has 1 N–H and O–H groups in total. The summed E-state index contributed by atoms with van der Waals surface area (Å²) in [6, 6.07) is 0. The van der Waals surface area contributed by atoms with E-state index in [-0.39, 0.29) is 0 Å². The highest BCUT2D eigenvalue weighted by atomic mass is 16.5. The molecule has 0 radical (unpaired) electrons. The zero-order chi connectivity index (χ0) is 10.3. The van der Waals surface area contributed by atoms with Gasteiger partial charge in [0.1, 0.15) is 5.82 Å². The zero-order valence-electron chi connectivity index (χ0n) is 8.72. The second kappa shape index (κ2) is 5.63. The number of rotatable bonds is 4. The normalized spacial score (nSPS) is 17.6. The van der Waals surface area contributed by atoms with Crippen LogP contribution in [0.2, 0.25) is 0 Å². The molecule has 1 aromatic rings. The Bertz CT molecular complexity index is 274. The lowest BCUT2D eigenvalue weighted by Crippen LogP contribution is -2.39. The Labute approximate surface area is 89.5 Å². The summed E-state index contributed by atoms with van der Waals surface area (Å²) >= 11 is 0. The first-order chi connectivity index (χ1) is 7.45. The minimum atomic E-state index is 0.839. The van der Waals surface area contributed by atoms with Crippen LogP contribution in [0.3, 0.4) is 0 Å². The van der Waals surface area contributed by atoms with Gasteiger partial charge in [0.15, 0.2) is 0 Å². The Hall–Kier alpha value is -1.20. The second-order valence-corrected chi connectivity index (χ2v) is 3.47. The fourth-order valence-corrected chi connectivity index (χ4v) is 1.56. The van der Waals surface area contributed by atoms with E-state index in [0.29, 0.717) is 0 Å². The van der Waals surface area contributed by atoms with Gasteiger partial charge < -0.3 is 10.1 Å². The number of anilines is 1. The number of morpholine rings is 1. The molecule has 1 aliphatic heterocycles. The van der Waals surface area contributed by atoms with E-state index in [2.05, 4.69) is 20.2 Å². The minimum Gasteiger partial charge on any atom is -0.379 e. The van der Waals surface area contributed by atoms with Crippen LogP contribution in [0, 0.1) is 0 Å². The number of ether oxygens (including phenoxy) is 1. The van der Waals surface area contributed by atoms with Crippen molar-refractivity contribution in [3.05, 3.63) is 18.6 Å². The van der Waals surface area contributed by atoms with E-state index in [1.165, 1.54) is 0 Å². The molecule has 15 heavy (non-hydrogen) atoms. The van der Waals surface area contributed by atoms with Crippen LogP contribution in [0.25, 0.3) is 0 Å². The molecule has 0 aromatic carbocycles. The third-order valence-electron chi connectivity index (χ3n) is 2.40. The maximum absolute atomic E-state index is 5.28. The van der Waals surface area contributed by atoms with Crippen molar-refractivity contribution in [3.63, 3.8) is 0 Å². The smallest absolute Gasteiger partial charge is 0.144 e. The highest BCUT2D eigenvalue weighted by Crippen LogP contribution is 1.98. The first-order valence-electron chi connectivity index (χ1n) is 5.25. The maximum Gasteiger partial charge on any atom is 0.144 e. The molecule has 1 aliphatic rings. The van der Waals surface area contributed by atoms with Gasteiger partial charge in [-0.2, -0.15) is 0 Å².